The number of ether oxygens (including phenoxy) is 1. The number of benzene rings is 1. The Kier molecular flexibility index (Phi) is 5.11. The van der Waals surface area contributed by atoms with Gasteiger partial charge < -0.3 is 15.4 Å². The molecule has 1 amide bonds. The van der Waals surface area contributed by atoms with Crippen LogP contribution >= 0.6 is 0 Å². The normalized spacial score (nSPS) is 14.7. The number of nitrogens with zero attached hydrogens (tertiary/aromatic N) is 2. The highest BCUT2D eigenvalue weighted by Gasteiger charge is 2.18. The fourth-order valence-electron chi connectivity index (χ4n) is 2.79. The van der Waals surface area contributed by atoms with E-state index >= 15 is 0 Å². The van der Waals surface area contributed by atoms with Gasteiger partial charge in [0.15, 0.2) is 6.61 Å². The first-order valence-corrected chi connectivity index (χ1v) is 9.05. The van der Waals surface area contributed by atoms with E-state index in [2.05, 4.69) is 55.2 Å². The lowest BCUT2D eigenvalue weighted by Crippen LogP contribution is -2.25. The van der Waals surface area contributed by atoms with Gasteiger partial charge in [-0.05, 0) is 30.5 Å². The zero-order valence-corrected chi connectivity index (χ0v) is 16.0. The van der Waals surface area contributed by atoms with E-state index in [1.807, 2.05) is 24.3 Å². The molecule has 3 rings (SSSR count). The zero-order chi connectivity index (χ0) is 18.8. The molecule has 2 heterocycles. The molecular weight excluding hydrogens is 328 g/mol. The second-order valence-corrected chi connectivity index (χ2v) is 7.30. The van der Waals surface area contributed by atoms with Crippen LogP contribution in [-0.4, -0.2) is 22.5 Å². The number of amides is 1. The van der Waals surface area contributed by atoms with Crippen LogP contribution in [0.2, 0.25) is 0 Å². The topological polar surface area (TPSA) is 76.1 Å². The average Bonchev–Trinajstić information content (AvgIpc) is 2.60. The highest BCUT2D eigenvalue weighted by Crippen LogP contribution is 2.31. The highest BCUT2D eigenvalue weighted by molar-refractivity contribution is 5.95. The van der Waals surface area contributed by atoms with Gasteiger partial charge in [0, 0.05) is 17.7 Å². The smallest absolute Gasteiger partial charge is 0.262 e. The molecule has 6 nitrogen and oxygen atoms in total. The van der Waals surface area contributed by atoms with Gasteiger partial charge in [0.05, 0.1) is 11.7 Å². The minimum Gasteiger partial charge on any atom is -0.482 e. The van der Waals surface area contributed by atoms with Gasteiger partial charge in [-0.2, -0.15) is 0 Å². The van der Waals surface area contributed by atoms with Crippen molar-refractivity contribution in [1.82, 2.24) is 9.97 Å². The lowest BCUT2D eigenvalue weighted by atomic mass is 10.1. The number of rotatable bonds is 5. The van der Waals surface area contributed by atoms with E-state index in [0.717, 1.165) is 22.9 Å². The molecule has 0 spiro atoms. The molecular formula is C20H26N4O2. The first-order valence-electron chi connectivity index (χ1n) is 9.05. The Hall–Kier alpha value is -2.63. The molecule has 0 saturated heterocycles. The van der Waals surface area contributed by atoms with Gasteiger partial charge in [-0.1, -0.05) is 33.8 Å². The monoisotopic (exact) mass is 354 g/mol. The quantitative estimate of drug-likeness (QED) is 0.840. The second-order valence-electron chi connectivity index (χ2n) is 7.30. The summed E-state index contributed by atoms with van der Waals surface area (Å²) in [6.07, 6.45) is 0. The summed E-state index contributed by atoms with van der Waals surface area (Å²) in [4.78, 5) is 20.9. The fraction of sp³-hybridized carbons (Fsp3) is 0.450. The molecule has 26 heavy (non-hydrogen) atoms. The van der Waals surface area contributed by atoms with Crippen molar-refractivity contribution in [3.63, 3.8) is 0 Å². The summed E-state index contributed by atoms with van der Waals surface area (Å²) in [6.45, 7) is 10.6. The Morgan fingerprint density at radius 1 is 1.08 bits per heavy atom. The number of anilines is 2. The van der Waals surface area contributed by atoms with Gasteiger partial charge in [0.25, 0.3) is 5.91 Å². The summed E-state index contributed by atoms with van der Waals surface area (Å²) < 4.78 is 5.42. The number of carbonyl (C=O) groups is 1. The lowest BCUT2D eigenvalue weighted by Gasteiger charge is -2.22. The minimum absolute atomic E-state index is 0.0223. The van der Waals surface area contributed by atoms with Crippen molar-refractivity contribution >= 4 is 17.4 Å². The summed E-state index contributed by atoms with van der Waals surface area (Å²) in [6, 6.07) is 7.87. The predicted molar refractivity (Wildman–Crippen MR) is 103 cm³/mol. The van der Waals surface area contributed by atoms with Crippen LogP contribution in [0.3, 0.4) is 0 Å². The molecule has 0 radical (unpaired) electrons. The number of aromatic nitrogens is 2. The van der Waals surface area contributed by atoms with E-state index < -0.39 is 0 Å². The molecule has 0 fully saturated rings. The highest BCUT2D eigenvalue weighted by atomic mass is 16.5. The van der Waals surface area contributed by atoms with Crippen molar-refractivity contribution < 1.29 is 9.53 Å². The summed E-state index contributed by atoms with van der Waals surface area (Å²) in [5, 5.41) is 6.31. The van der Waals surface area contributed by atoms with E-state index in [0.29, 0.717) is 17.4 Å². The number of hydrogen-bond acceptors (Lipinski definition) is 5. The largest absolute Gasteiger partial charge is 0.482 e. The molecule has 1 atom stereocenters. The molecule has 1 aliphatic rings. The van der Waals surface area contributed by atoms with Crippen LogP contribution < -0.4 is 15.4 Å². The number of carbonyl (C=O) groups excluding carboxylic acids is 1. The molecule has 1 unspecified atom stereocenters. The second kappa shape index (κ2) is 7.32. The zero-order valence-electron chi connectivity index (χ0n) is 16.0. The van der Waals surface area contributed by atoms with Crippen molar-refractivity contribution in [2.75, 3.05) is 17.2 Å². The third-order valence-electron chi connectivity index (χ3n) is 4.37. The molecule has 0 saturated carbocycles. The molecule has 2 aromatic rings. The van der Waals surface area contributed by atoms with Crippen LogP contribution in [0.25, 0.3) is 0 Å². The van der Waals surface area contributed by atoms with Gasteiger partial charge in [0.1, 0.15) is 17.4 Å². The van der Waals surface area contributed by atoms with Gasteiger partial charge in [-0.25, -0.2) is 9.97 Å². The molecule has 2 N–H and O–H groups in total. The van der Waals surface area contributed by atoms with Gasteiger partial charge in [-0.15, -0.1) is 0 Å². The molecule has 1 aliphatic heterocycles. The predicted octanol–water partition coefficient (Wildman–Crippen LogP) is 4.23. The van der Waals surface area contributed by atoms with Crippen molar-refractivity contribution in [2.24, 2.45) is 0 Å². The maximum absolute atomic E-state index is 11.5. The van der Waals surface area contributed by atoms with E-state index in [1.165, 1.54) is 0 Å². The number of hydrogen-bond donors (Lipinski definition) is 2. The van der Waals surface area contributed by atoms with E-state index in [4.69, 9.17) is 4.74 Å². The van der Waals surface area contributed by atoms with Crippen LogP contribution in [0, 0.1) is 0 Å². The molecule has 6 heteroatoms. The van der Waals surface area contributed by atoms with Crippen molar-refractivity contribution in [3.05, 3.63) is 41.3 Å². The van der Waals surface area contributed by atoms with E-state index in [9.17, 15) is 4.79 Å². The van der Waals surface area contributed by atoms with Gasteiger partial charge in [-0.3, -0.25) is 4.79 Å². The van der Waals surface area contributed by atoms with Crippen molar-refractivity contribution in [2.45, 2.75) is 52.5 Å². The summed E-state index contributed by atoms with van der Waals surface area (Å²) in [5.41, 5.74) is 2.79. The molecule has 0 aliphatic carbocycles. The molecule has 1 aromatic carbocycles. The Morgan fingerprint density at radius 2 is 1.85 bits per heavy atom. The van der Waals surface area contributed by atoms with Crippen LogP contribution in [0.5, 0.6) is 5.75 Å². The van der Waals surface area contributed by atoms with E-state index in [1.54, 1.807) is 0 Å². The first-order chi connectivity index (χ1) is 12.3. The molecule has 1 aromatic heterocycles. The average molecular weight is 354 g/mol. The third-order valence-corrected chi connectivity index (χ3v) is 4.37. The van der Waals surface area contributed by atoms with Crippen LogP contribution in [0.4, 0.5) is 11.5 Å². The van der Waals surface area contributed by atoms with Crippen LogP contribution in [0.1, 0.15) is 69.6 Å². The maximum atomic E-state index is 11.5. The summed E-state index contributed by atoms with van der Waals surface area (Å²) >= 11 is 0. The Balaban J connectivity index is 1.84. The third kappa shape index (κ3) is 3.95. The minimum atomic E-state index is -0.130. The summed E-state index contributed by atoms with van der Waals surface area (Å²) in [7, 11) is 0. The van der Waals surface area contributed by atoms with Gasteiger partial charge >= 0.3 is 0 Å². The maximum Gasteiger partial charge on any atom is 0.262 e. The summed E-state index contributed by atoms with van der Waals surface area (Å²) in [5.74, 6) is 2.83. The number of fused-ring (bicyclic) bond motifs is 1. The standard InChI is InChI=1S/C20H26N4O2/c1-11(2)15-9-18(24-20(23-15)12(3)4)21-13(5)14-6-7-17-16(8-14)22-19(25)10-26-17/h6-9,11-13H,10H2,1-5H3,(H,22,25)(H,21,23,24). The van der Waals surface area contributed by atoms with Crippen molar-refractivity contribution in [3.8, 4) is 5.75 Å². The van der Waals surface area contributed by atoms with Crippen molar-refractivity contribution in [1.29, 1.82) is 0 Å². The molecule has 0 bridgehead atoms. The first kappa shape index (κ1) is 18.2. The van der Waals surface area contributed by atoms with Crippen LogP contribution in [0.15, 0.2) is 24.3 Å². The van der Waals surface area contributed by atoms with Crippen LogP contribution in [-0.2, 0) is 4.79 Å². The SMILES string of the molecule is CC(C)c1cc(NC(C)c2ccc3c(c2)NC(=O)CO3)nc(C(C)C)n1. The Morgan fingerprint density at radius 3 is 2.54 bits per heavy atom. The fourth-order valence-corrected chi connectivity index (χ4v) is 2.79. The van der Waals surface area contributed by atoms with E-state index in [-0.39, 0.29) is 24.5 Å². The Labute approximate surface area is 154 Å². The lowest BCUT2D eigenvalue weighted by molar-refractivity contribution is -0.118. The molecule has 138 valence electrons. The Bertz CT molecular complexity index is 791. The number of nitrogens with one attached hydrogen (secondary N) is 2. The van der Waals surface area contributed by atoms with Gasteiger partial charge in [0.2, 0.25) is 0 Å².